The maximum absolute atomic E-state index is 9.63. The average molecular weight is 112 g/mol. The Balaban J connectivity index is 3.06. The minimum absolute atomic E-state index is 0.411. The number of aldehydes is 2. The molecule has 0 aliphatic heterocycles. The predicted octanol–water partition coefficient (Wildman–Crippen LogP) is 0.721. The summed E-state index contributed by atoms with van der Waals surface area (Å²) >= 11 is 0. The van der Waals surface area contributed by atoms with Crippen LogP contribution < -0.4 is 0 Å². The van der Waals surface area contributed by atoms with Crippen LogP contribution >= 0.6 is 0 Å². The molecule has 0 aromatic heterocycles. The summed E-state index contributed by atoms with van der Waals surface area (Å²) in [6.07, 6.45) is 5.74. The van der Waals surface area contributed by atoms with E-state index in [0.29, 0.717) is 12.8 Å². The third kappa shape index (κ3) is 5.08. The lowest BCUT2D eigenvalue weighted by atomic mass is 10.3. The van der Waals surface area contributed by atoms with Crippen LogP contribution in [0.2, 0.25) is 0 Å². The molecule has 0 saturated heterocycles. The van der Waals surface area contributed by atoms with E-state index in [1.165, 1.54) is 0 Å². The zero-order valence-electron chi connectivity index (χ0n) is 4.54. The van der Waals surface area contributed by atoms with Gasteiger partial charge in [-0.15, -0.1) is 0 Å². The second kappa shape index (κ2) is 6.08. The fourth-order valence-electron chi connectivity index (χ4n) is 0.304. The van der Waals surface area contributed by atoms with Gasteiger partial charge in [-0.05, 0) is 0 Å². The molecule has 0 aromatic carbocycles. The summed E-state index contributed by atoms with van der Waals surface area (Å²) in [7, 11) is 0. The van der Waals surface area contributed by atoms with Crippen molar-refractivity contribution in [2.45, 2.75) is 12.8 Å². The van der Waals surface area contributed by atoms with E-state index in [9.17, 15) is 9.59 Å². The van der Waals surface area contributed by atoms with E-state index < -0.39 is 0 Å². The number of allylic oxidation sites excluding steroid dienone is 2. The Hall–Kier alpha value is -0.920. The first kappa shape index (κ1) is 7.08. The molecule has 0 spiro atoms. The Bertz CT molecular complexity index is 82.7. The van der Waals surface area contributed by atoms with Crippen LogP contribution in [0.3, 0.4) is 0 Å². The highest BCUT2D eigenvalue weighted by atomic mass is 16.1. The average Bonchev–Trinajstić information content (AvgIpc) is 1.81. The highest BCUT2D eigenvalue weighted by Gasteiger charge is 1.71. The molecule has 0 rings (SSSR count). The minimum atomic E-state index is 0.411. The first-order valence-corrected chi connectivity index (χ1v) is 2.44. The summed E-state index contributed by atoms with van der Waals surface area (Å²) in [6.45, 7) is 0. The second-order valence-corrected chi connectivity index (χ2v) is 1.28. The number of carbonyl (C=O) groups is 2. The molecular formula is C6H8O2. The Morgan fingerprint density at radius 2 is 1.25 bits per heavy atom. The van der Waals surface area contributed by atoms with E-state index in [2.05, 4.69) is 0 Å². The van der Waals surface area contributed by atoms with E-state index >= 15 is 0 Å². The van der Waals surface area contributed by atoms with E-state index in [1.54, 1.807) is 12.2 Å². The van der Waals surface area contributed by atoms with Gasteiger partial charge in [0.1, 0.15) is 12.6 Å². The SMILES string of the molecule is O=CCC=CCC=O. The zero-order chi connectivity index (χ0) is 6.24. The monoisotopic (exact) mass is 112 g/mol. The molecule has 0 fully saturated rings. The summed E-state index contributed by atoms with van der Waals surface area (Å²) in [6, 6.07) is 0. The van der Waals surface area contributed by atoms with Gasteiger partial charge in [0.05, 0.1) is 0 Å². The van der Waals surface area contributed by atoms with Crippen molar-refractivity contribution < 1.29 is 9.59 Å². The van der Waals surface area contributed by atoms with Crippen molar-refractivity contribution in [2.75, 3.05) is 0 Å². The van der Waals surface area contributed by atoms with Gasteiger partial charge in [0.2, 0.25) is 0 Å². The van der Waals surface area contributed by atoms with E-state index in [4.69, 9.17) is 0 Å². The molecule has 2 heteroatoms. The molecular weight excluding hydrogens is 104 g/mol. The highest BCUT2D eigenvalue weighted by molar-refractivity contribution is 5.54. The maximum atomic E-state index is 9.63. The van der Waals surface area contributed by atoms with Crippen LogP contribution in [0.15, 0.2) is 12.2 Å². The van der Waals surface area contributed by atoms with E-state index in [0.717, 1.165) is 12.6 Å². The predicted molar refractivity (Wildman–Crippen MR) is 30.5 cm³/mol. The number of hydrogen-bond donors (Lipinski definition) is 0. The van der Waals surface area contributed by atoms with Crippen LogP contribution in [0, 0.1) is 0 Å². The van der Waals surface area contributed by atoms with E-state index in [-0.39, 0.29) is 0 Å². The van der Waals surface area contributed by atoms with Crippen molar-refractivity contribution in [3.8, 4) is 0 Å². The van der Waals surface area contributed by atoms with Gasteiger partial charge >= 0.3 is 0 Å². The van der Waals surface area contributed by atoms with Crippen LogP contribution in [-0.4, -0.2) is 12.6 Å². The van der Waals surface area contributed by atoms with Gasteiger partial charge in [0.25, 0.3) is 0 Å². The van der Waals surface area contributed by atoms with Gasteiger partial charge in [-0.3, -0.25) is 0 Å². The van der Waals surface area contributed by atoms with Crippen molar-refractivity contribution >= 4 is 12.6 Å². The lowest BCUT2D eigenvalue weighted by Gasteiger charge is -1.72. The molecule has 0 aromatic rings. The van der Waals surface area contributed by atoms with Crippen molar-refractivity contribution in [3.05, 3.63) is 12.2 Å². The van der Waals surface area contributed by atoms with Crippen LogP contribution in [0.25, 0.3) is 0 Å². The Morgan fingerprint density at radius 3 is 1.50 bits per heavy atom. The molecule has 0 heterocycles. The zero-order valence-corrected chi connectivity index (χ0v) is 4.54. The standard InChI is InChI=1S/C6H8O2/c7-5-3-1-2-4-6-8/h1-2,5-6H,3-4H2. The summed E-state index contributed by atoms with van der Waals surface area (Å²) in [4.78, 5) is 19.3. The molecule has 0 amide bonds. The van der Waals surface area contributed by atoms with Crippen molar-refractivity contribution in [1.82, 2.24) is 0 Å². The summed E-state index contributed by atoms with van der Waals surface area (Å²) in [5.74, 6) is 0. The summed E-state index contributed by atoms with van der Waals surface area (Å²) in [5, 5.41) is 0. The first-order chi connectivity index (χ1) is 3.91. The Kier molecular flexibility index (Phi) is 5.38. The molecule has 0 aliphatic carbocycles. The van der Waals surface area contributed by atoms with E-state index in [1.807, 2.05) is 0 Å². The number of carbonyl (C=O) groups excluding carboxylic acids is 2. The molecule has 0 bridgehead atoms. The van der Waals surface area contributed by atoms with Gasteiger partial charge in [-0.25, -0.2) is 0 Å². The largest absolute Gasteiger partial charge is 0.303 e. The molecule has 44 valence electrons. The molecule has 0 atom stereocenters. The van der Waals surface area contributed by atoms with Crippen molar-refractivity contribution in [3.63, 3.8) is 0 Å². The summed E-state index contributed by atoms with van der Waals surface area (Å²) < 4.78 is 0. The normalized spacial score (nSPS) is 9.50. The fraction of sp³-hybridized carbons (Fsp3) is 0.333. The molecule has 8 heavy (non-hydrogen) atoms. The topological polar surface area (TPSA) is 34.1 Å². The summed E-state index contributed by atoms with van der Waals surface area (Å²) in [5.41, 5.74) is 0. The quantitative estimate of drug-likeness (QED) is 0.396. The molecule has 0 aliphatic rings. The van der Waals surface area contributed by atoms with Gasteiger partial charge in [-0.1, -0.05) is 12.2 Å². The van der Waals surface area contributed by atoms with Crippen LogP contribution in [0.4, 0.5) is 0 Å². The Morgan fingerprint density at radius 1 is 0.875 bits per heavy atom. The second-order valence-electron chi connectivity index (χ2n) is 1.28. The van der Waals surface area contributed by atoms with Crippen molar-refractivity contribution in [2.24, 2.45) is 0 Å². The number of rotatable bonds is 4. The van der Waals surface area contributed by atoms with Gasteiger partial charge in [0.15, 0.2) is 0 Å². The van der Waals surface area contributed by atoms with Crippen LogP contribution in [0.5, 0.6) is 0 Å². The Labute approximate surface area is 48.2 Å². The maximum Gasteiger partial charge on any atom is 0.123 e. The van der Waals surface area contributed by atoms with Gasteiger partial charge in [-0.2, -0.15) is 0 Å². The number of hydrogen-bond acceptors (Lipinski definition) is 2. The first-order valence-electron chi connectivity index (χ1n) is 2.44. The smallest absolute Gasteiger partial charge is 0.123 e. The van der Waals surface area contributed by atoms with Crippen LogP contribution in [0.1, 0.15) is 12.8 Å². The third-order valence-electron chi connectivity index (χ3n) is 0.631. The molecule has 0 saturated carbocycles. The molecule has 0 unspecified atom stereocenters. The van der Waals surface area contributed by atoms with Gasteiger partial charge in [0, 0.05) is 12.8 Å². The minimum Gasteiger partial charge on any atom is -0.303 e. The van der Waals surface area contributed by atoms with Crippen molar-refractivity contribution in [1.29, 1.82) is 0 Å². The molecule has 0 radical (unpaired) electrons. The lowest BCUT2D eigenvalue weighted by molar-refractivity contribution is -0.108. The fourth-order valence-corrected chi connectivity index (χ4v) is 0.304. The van der Waals surface area contributed by atoms with Gasteiger partial charge < -0.3 is 9.59 Å². The lowest BCUT2D eigenvalue weighted by Crippen LogP contribution is -1.68. The highest BCUT2D eigenvalue weighted by Crippen LogP contribution is 1.79. The molecule has 2 nitrogen and oxygen atoms in total. The third-order valence-corrected chi connectivity index (χ3v) is 0.631. The van der Waals surface area contributed by atoms with Crippen LogP contribution in [-0.2, 0) is 9.59 Å². The molecule has 0 N–H and O–H groups in total.